The number of sulfonamides is 1. The normalized spacial score (nSPS) is 13.7. The number of terminal acetylenes is 1. The SMILES string of the molecule is C=CCOC(=O)C[C@H]([N-]C(=O)OCC1c2ccccc2-c2ccccc21)C(=O)N[C@@H](Cc1cn(C(c2ccccc2)(c2ccccc2)c2ccccc2)cn1)C(=O)N[C@H](Cc1ccccc1)C(=O)N[C@@H](CCCNC(=N)NS(=O)(=O)c1c(C)c(C)c2c(c1C)CC(C)(C)O2)C(=O)N[C@@H](Cc1cn(C(=O)OC(C)(C)C)c2ccccc12)C(=O)N[C@@H](CCCCNC(=O)OCC=C)C(=O)OC.[3H]C#C. The molecule has 0 bridgehead atoms. The Bertz CT molecular complexity index is 6060. The lowest BCUT2D eigenvalue weighted by molar-refractivity contribution is -0.145. The third-order valence-corrected chi connectivity index (χ3v) is 25.0. The van der Waals surface area contributed by atoms with Gasteiger partial charge >= 0.3 is 24.1 Å². The summed E-state index contributed by atoms with van der Waals surface area (Å²) in [5.41, 5.74) is 6.87. The molecule has 0 saturated heterocycles. The maximum Gasteiger partial charge on any atom is 0.419 e. The summed E-state index contributed by atoms with van der Waals surface area (Å²) in [4.78, 5) is 153. The predicted octanol–water partition coefficient (Wildman–Crippen LogP) is 13.2. The number of aromatic nitrogens is 3. The minimum atomic E-state index is -4.48. The molecule has 2 aromatic heterocycles. The Morgan fingerprint density at radius 3 is 1.71 bits per heavy atom. The van der Waals surface area contributed by atoms with Crippen LogP contribution in [0.3, 0.4) is 0 Å². The number of hydrogen-bond acceptors (Lipinski definition) is 20. The largest absolute Gasteiger partial charge is 0.607 e. The van der Waals surface area contributed by atoms with Crippen molar-refractivity contribution in [1.82, 2.24) is 56.1 Å². The highest BCUT2D eigenvalue weighted by molar-refractivity contribution is 7.90. The molecule has 1 aliphatic carbocycles. The first-order valence-electron chi connectivity index (χ1n) is 45.2. The molecule has 0 radical (unpaired) electrons. The number of methoxy groups -OCH3 is 1. The van der Waals surface area contributed by atoms with Gasteiger partial charge in [0, 0.05) is 74.5 Å². The number of carbonyl (C=O) groups is 10. The molecule has 712 valence electrons. The molecular weight excluding hydrogens is 1750 g/mol. The summed E-state index contributed by atoms with van der Waals surface area (Å²) in [6, 6.07) is 49.3. The van der Waals surface area contributed by atoms with Crippen LogP contribution in [0.1, 0.15) is 147 Å². The molecule has 31 nitrogen and oxygen atoms in total. The first kappa shape index (κ1) is 99.9. The Morgan fingerprint density at radius 2 is 1.12 bits per heavy atom. The number of imidazole rings is 1. The zero-order chi connectivity index (χ0) is 98.7. The van der Waals surface area contributed by atoms with Crippen LogP contribution >= 0.6 is 0 Å². The number of fused-ring (bicyclic) bond motifs is 5. The summed E-state index contributed by atoms with van der Waals surface area (Å²) >= 11 is 0. The van der Waals surface area contributed by atoms with Crippen LogP contribution in [0.5, 0.6) is 5.75 Å². The number of benzene rings is 8. The monoisotopic (exact) mass is 1870 g/mol. The topological polar surface area (TPSA) is 417 Å². The molecule has 0 spiro atoms. The number of nitrogens with zero attached hydrogens (tertiary/aromatic N) is 4. The Balaban J connectivity index is 0.00000592. The van der Waals surface area contributed by atoms with Crippen LogP contribution in [0.15, 0.2) is 243 Å². The summed E-state index contributed by atoms with van der Waals surface area (Å²) in [6.07, 6.45) is 8.92. The van der Waals surface area contributed by atoms with Crippen LogP contribution in [-0.2, 0) is 98.5 Å². The number of rotatable bonds is 41. The summed E-state index contributed by atoms with van der Waals surface area (Å²) in [6.45, 7) is 20.5. The highest BCUT2D eigenvalue weighted by atomic mass is 32.2. The van der Waals surface area contributed by atoms with Crippen LogP contribution in [0.4, 0.5) is 14.4 Å². The number of guanidine groups is 1. The van der Waals surface area contributed by atoms with E-state index in [1.807, 2.05) is 158 Å². The van der Waals surface area contributed by atoms with Crippen molar-refractivity contribution in [2.45, 2.75) is 183 Å². The lowest BCUT2D eigenvalue weighted by Crippen LogP contribution is -2.60. The van der Waals surface area contributed by atoms with Crippen LogP contribution in [0, 0.1) is 39.0 Å². The van der Waals surface area contributed by atoms with E-state index >= 15 is 24.0 Å². The molecule has 9 N–H and O–H groups in total. The van der Waals surface area contributed by atoms with E-state index in [0.717, 1.165) is 46.1 Å². The molecule has 3 heterocycles. The van der Waals surface area contributed by atoms with Crippen molar-refractivity contribution < 1.29 is 86.2 Å². The van der Waals surface area contributed by atoms with Gasteiger partial charge in [0.05, 0.1) is 29.5 Å². The fourth-order valence-electron chi connectivity index (χ4n) is 17.0. The average Bonchev–Trinajstić information content (AvgIpc) is 1.65. The predicted molar refractivity (Wildman–Crippen MR) is 515 cm³/mol. The van der Waals surface area contributed by atoms with Gasteiger partial charge in [-0.3, -0.25) is 43.5 Å². The first-order chi connectivity index (χ1) is 65.6. The van der Waals surface area contributed by atoms with Gasteiger partial charge in [0.15, 0.2) is 0 Å². The van der Waals surface area contributed by atoms with Gasteiger partial charge in [-0.2, -0.15) is 0 Å². The van der Waals surface area contributed by atoms with E-state index in [-0.39, 0.29) is 75.6 Å². The first-order valence-corrected chi connectivity index (χ1v) is 46.1. The van der Waals surface area contributed by atoms with Crippen molar-refractivity contribution in [3.63, 3.8) is 0 Å². The standard InChI is InChI=1S/C102H115N13O18S.C2H2/c1-12-53-129-87(116)58-85(112-98(124)131-62-79-76-46-28-26-44-74(76)75-45-27-29-47-77(75)79)94(121)111-84(57-72-61-114(63-106-72)102(69-37-20-15-21-38-69,70-39-22-16-23-40-70)71-41-24-17-25-42-71)93(120)109-82(55-67-35-18-14-19-36-67)91(118)107-80(49-34-52-104-96(103)113-134(126,127)89-65(4)64(3)88-78(66(89)5)59-101(9,10)132-88)90(117)110-83(56-68-60-115(99(125)133-100(6,7)8)86-50-31-30-43-73(68)86)92(119)108-81(95(122)128-11)48-32-33-51-105-97(123)130-54-13-2;1-2/h12-31,35-47,50,60-61,63,79-85H,1-2,32-34,48-49,51-59,62H2,3-11H3,(H10,103,104,105,107,108,109,110,111,112,113,117,118,119,120,121,123,124);1-2H/p-1/t80-,81-,82+,83-,84-,85-;/m0./s1/i;1T. The number of alkyl carbamates (subject to hydrolysis) is 1. The van der Waals surface area contributed by atoms with Gasteiger partial charge in [0.25, 0.3) is 10.0 Å². The second-order valence-electron chi connectivity index (χ2n) is 34.6. The number of unbranched alkanes of at least 4 members (excludes halogenated alkanes) is 1. The quantitative estimate of drug-likeness (QED) is 0.00251. The Kier molecular flexibility index (Phi) is 34.1. The van der Waals surface area contributed by atoms with Gasteiger partial charge in [-0.05, 0) is 166 Å². The number of ether oxygens (including phenoxy) is 6. The maximum atomic E-state index is 16.2. The number of hydrogen-bond donors (Lipinski definition) is 9. The second kappa shape index (κ2) is 46.5. The second-order valence-corrected chi connectivity index (χ2v) is 36.2. The Hall–Kier alpha value is -15.1. The number of amides is 7. The number of nitrogens with one attached hydrogen (secondary N) is 9. The molecule has 32 heteroatoms. The molecule has 1 aliphatic heterocycles. The van der Waals surface area contributed by atoms with Gasteiger partial charge in [-0.15, -0.1) is 12.8 Å². The van der Waals surface area contributed by atoms with Crippen LogP contribution in [0.2, 0.25) is 0 Å². The van der Waals surface area contributed by atoms with Gasteiger partial charge in [0.2, 0.25) is 41.6 Å². The maximum absolute atomic E-state index is 16.2. The molecule has 7 amide bonds. The zero-order valence-corrected chi connectivity index (χ0v) is 78.4. The van der Waals surface area contributed by atoms with Gasteiger partial charge in [-0.25, -0.2) is 32.5 Å². The van der Waals surface area contributed by atoms with E-state index in [4.69, 9.17) is 40.2 Å². The van der Waals surface area contributed by atoms with Crippen molar-refractivity contribution in [1.29, 1.82) is 5.41 Å². The third-order valence-electron chi connectivity index (χ3n) is 23.3. The van der Waals surface area contributed by atoms with Crippen LogP contribution in [0.25, 0.3) is 27.3 Å². The zero-order valence-electron chi connectivity index (χ0n) is 78.5. The fraction of sp³-hybridized carbons (Fsp3) is 0.327. The minimum Gasteiger partial charge on any atom is -0.607 e. The highest BCUT2D eigenvalue weighted by Crippen LogP contribution is 2.47. The van der Waals surface area contributed by atoms with E-state index in [9.17, 15) is 32.4 Å². The summed E-state index contributed by atoms with van der Waals surface area (Å²) < 4.78 is 73.9. The highest BCUT2D eigenvalue weighted by Gasteiger charge is 2.42. The van der Waals surface area contributed by atoms with Crippen molar-refractivity contribution in [3.05, 3.63) is 310 Å². The fourth-order valence-corrected chi connectivity index (χ4v) is 18.5. The summed E-state index contributed by atoms with van der Waals surface area (Å²) in [7, 11) is -3.35. The van der Waals surface area contributed by atoms with Crippen LogP contribution in [-0.4, -0.2) is 176 Å². The van der Waals surface area contributed by atoms with E-state index in [0.29, 0.717) is 62.9 Å². The van der Waals surface area contributed by atoms with Crippen LogP contribution < -0.4 is 46.7 Å². The van der Waals surface area contributed by atoms with Gasteiger partial charge in [0.1, 0.15) is 73.9 Å². The smallest absolute Gasteiger partial charge is 0.419 e. The molecule has 8 aromatic carbocycles. The van der Waals surface area contributed by atoms with Gasteiger partial charge in [-0.1, -0.05) is 213 Å². The molecule has 0 fully saturated rings. The molecule has 12 rings (SSSR count). The molecule has 6 atom stereocenters. The van der Waals surface area contributed by atoms with E-state index < -0.39 is 154 Å². The van der Waals surface area contributed by atoms with E-state index in [1.54, 1.807) is 109 Å². The van der Waals surface area contributed by atoms with E-state index in [1.165, 1.54) is 29.3 Å². The number of para-hydroxylation sites is 1. The van der Waals surface area contributed by atoms with E-state index in [2.05, 4.69) is 66.8 Å². The Labute approximate surface area is 793 Å². The number of carbonyl (C=O) groups excluding carboxylic acids is 10. The van der Waals surface area contributed by atoms with Crippen molar-refractivity contribution >= 4 is 86.6 Å². The lowest BCUT2D eigenvalue weighted by Gasteiger charge is -2.37. The molecule has 136 heavy (non-hydrogen) atoms. The molecule has 10 aromatic rings. The van der Waals surface area contributed by atoms with Gasteiger partial charge < -0.3 is 75.5 Å². The van der Waals surface area contributed by atoms with Crippen molar-refractivity contribution in [2.75, 3.05) is 40.0 Å². The van der Waals surface area contributed by atoms with Crippen molar-refractivity contribution in [3.8, 4) is 29.7 Å². The lowest BCUT2D eigenvalue weighted by atomic mass is 9.77. The molecule has 0 unspecified atom stereocenters. The minimum absolute atomic E-state index is 0.0375. The molecule has 2 aliphatic rings. The number of esters is 2. The third kappa shape index (κ3) is 25.4. The summed E-state index contributed by atoms with van der Waals surface area (Å²) in [5.74, 6) is -7.51. The Morgan fingerprint density at radius 1 is 0.618 bits per heavy atom. The molecule has 0 saturated carbocycles. The summed E-state index contributed by atoms with van der Waals surface area (Å²) in [5, 5.41) is 33.2. The molecular formula is C104H116N13O18S-. The van der Waals surface area contributed by atoms with Crippen molar-refractivity contribution in [2.24, 2.45) is 0 Å². The average molecular weight is 1870 g/mol.